The maximum Gasteiger partial charge on any atom is 0.305 e. The van der Waals surface area contributed by atoms with Crippen LogP contribution in [0.5, 0.6) is 0 Å². The fourth-order valence-electron chi connectivity index (χ4n) is 10.2. The second kappa shape index (κ2) is 61.9. The van der Waals surface area contributed by atoms with Crippen LogP contribution in [0.1, 0.15) is 361 Å². The number of aliphatic hydroxyl groups excluding tert-OH is 2. The van der Waals surface area contributed by atoms with E-state index in [-0.39, 0.29) is 18.5 Å². The van der Waals surface area contributed by atoms with Gasteiger partial charge in [-0.3, -0.25) is 9.59 Å². The molecule has 0 fully saturated rings. The quantitative estimate of drug-likeness (QED) is 0.0320. The van der Waals surface area contributed by atoms with Crippen molar-refractivity contribution >= 4 is 11.9 Å². The third kappa shape index (κ3) is 57.6. The van der Waals surface area contributed by atoms with Crippen molar-refractivity contribution in [3.63, 3.8) is 0 Å². The lowest BCUT2D eigenvalue weighted by Crippen LogP contribution is -2.45. The second-order valence-corrected chi connectivity index (χ2v) is 22.4. The van der Waals surface area contributed by atoms with Crippen LogP contribution in [0, 0.1) is 0 Å². The fraction of sp³-hybridized carbons (Fsp3) is 0.909. The van der Waals surface area contributed by atoms with Crippen molar-refractivity contribution in [1.29, 1.82) is 0 Å². The average Bonchev–Trinajstić information content (AvgIpc) is 3.38. The summed E-state index contributed by atoms with van der Waals surface area (Å²) >= 11 is 0. The van der Waals surface area contributed by atoms with E-state index in [1.54, 1.807) is 0 Å². The first-order valence-electron chi connectivity index (χ1n) is 32.6. The number of unbranched alkanes of at least 4 members (excludes halogenated alkanes) is 46. The Morgan fingerprint density at radius 1 is 0.375 bits per heavy atom. The molecule has 72 heavy (non-hydrogen) atoms. The summed E-state index contributed by atoms with van der Waals surface area (Å²) in [4.78, 5) is 24.4. The molecule has 2 atom stereocenters. The van der Waals surface area contributed by atoms with Crippen LogP contribution in [0.15, 0.2) is 24.3 Å². The summed E-state index contributed by atoms with van der Waals surface area (Å²) in [5.74, 6) is -0.0237. The summed E-state index contributed by atoms with van der Waals surface area (Å²) in [6.45, 7) is 4.92. The second-order valence-electron chi connectivity index (χ2n) is 22.4. The highest BCUT2D eigenvalue weighted by atomic mass is 16.5. The molecule has 6 nitrogen and oxygen atoms in total. The molecule has 0 heterocycles. The van der Waals surface area contributed by atoms with E-state index in [9.17, 15) is 19.8 Å². The monoisotopic (exact) mass is 1010 g/mol. The molecule has 3 N–H and O–H groups in total. The van der Waals surface area contributed by atoms with Crippen LogP contribution < -0.4 is 5.32 Å². The topological polar surface area (TPSA) is 95.9 Å². The highest BCUT2D eigenvalue weighted by Gasteiger charge is 2.20. The van der Waals surface area contributed by atoms with Gasteiger partial charge in [-0.05, 0) is 70.6 Å². The van der Waals surface area contributed by atoms with Gasteiger partial charge in [-0.2, -0.15) is 0 Å². The molecule has 0 aliphatic rings. The Labute approximate surface area is 450 Å². The zero-order chi connectivity index (χ0) is 52.2. The van der Waals surface area contributed by atoms with Crippen LogP contribution in [0.2, 0.25) is 0 Å². The minimum Gasteiger partial charge on any atom is -0.466 e. The third-order valence-corrected chi connectivity index (χ3v) is 15.2. The van der Waals surface area contributed by atoms with E-state index in [0.29, 0.717) is 25.9 Å². The van der Waals surface area contributed by atoms with Gasteiger partial charge in [-0.1, -0.05) is 301 Å². The number of allylic oxidation sites excluding steroid dienone is 4. The third-order valence-electron chi connectivity index (χ3n) is 15.2. The minimum absolute atomic E-state index is 0.00771. The van der Waals surface area contributed by atoms with Gasteiger partial charge in [0.25, 0.3) is 0 Å². The number of carbonyl (C=O) groups excluding carboxylic acids is 2. The molecule has 0 saturated heterocycles. The van der Waals surface area contributed by atoms with Crippen molar-refractivity contribution in [2.24, 2.45) is 0 Å². The van der Waals surface area contributed by atoms with Crippen molar-refractivity contribution in [1.82, 2.24) is 5.32 Å². The molecule has 0 aromatic rings. The van der Waals surface area contributed by atoms with Crippen molar-refractivity contribution in [2.75, 3.05) is 13.2 Å². The van der Waals surface area contributed by atoms with Gasteiger partial charge >= 0.3 is 5.97 Å². The largest absolute Gasteiger partial charge is 0.466 e. The molecular formula is C66H127NO5. The van der Waals surface area contributed by atoms with Gasteiger partial charge in [0.15, 0.2) is 0 Å². The lowest BCUT2D eigenvalue weighted by molar-refractivity contribution is -0.143. The maximum absolute atomic E-state index is 12.5. The molecule has 0 saturated carbocycles. The van der Waals surface area contributed by atoms with Crippen LogP contribution in [-0.4, -0.2) is 47.4 Å². The van der Waals surface area contributed by atoms with E-state index in [0.717, 1.165) is 44.9 Å². The first kappa shape index (κ1) is 70.3. The number of ether oxygens (including phenoxy) is 1. The minimum atomic E-state index is -0.660. The van der Waals surface area contributed by atoms with Gasteiger partial charge in [0.05, 0.1) is 25.4 Å². The number of aliphatic hydroxyl groups is 2. The normalized spacial score (nSPS) is 12.7. The SMILES string of the molecule is CCCC/C=C\CCCCCCCC(=O)OCCCCCCCCCCCCCC/C=C\CCCCCCCCCCCCCCCCCCCC(=O)NC(CO)C(O)CCCCCCCCCCCCC. The summed E-state index contributed by atoms with van der Waals surface area (Å²) in [6.07, 6.45) is 76.5. The van der Waals surface area contributed by atoms with E-state index in [1.165, 1.54) is 283 Å². The molecule has 0 aliphatic carbocycles. The van der Waals surface area contributed by atoms with Gasteiger partial charge in [0.2, 0.25) is 5.91 Å². The first-order valence-corrected chi connectivity index (χ1v) is 32.6. The molecule has 0 rings (SSSR count). The van der Waals surface area contributed by atoms with Gasteiger partial charge in [0.1, 0.15) is 0 Å². The van der Waals surface area contributed by atoms with Gasteiger partial charge < -0.3 is 20.3 Å². The molecule has 0 aliphatic heterocycles. The summed E-state index contributed by atoms with van der Waals surface area (Å²) in [5.41, 5.74) is 0. The van der Waals surface area contributed by atoms with E-state index >= 15 is 0 Å². The van der Waals surface area contributed by atoms with Crippen LogP contribution in [-0.2, 0) is 14.3 Å². The number of carbonyl (C=O) groups is 2. The molecule has 0 radical (unpaired) electrons. The Balaban J connectivity index is 3.33. The van der Waals surface area contributed by atoms with Gasteiger partial charge in [0, 0.05) is 12.8 Å². The Hall–Kier alpha value is -1.66. The van der Waals surface area contributed by atoms with E-state index in [4.69, 9.17) is 4.74 Å². The lowest BCUT2D eigenvalue weighted by Gasteiger charge is -2.22. The number of esters is 1. The Kier molecular flexibility index (Phi) is 60.5. The number of hydrogen-bond acceptors (Lipinski definition) is 5. The van der Waals surface area contributed by atoms with E-state index in [2.05, 4.69) is 43.5 Å². The molecule has 0 bridgehead atoms. The summed E-state index contributed by atoms with van der Waals surface area (Å²) < 4.78 is 5.46. The van der Waals surface area contributed by atoms with Crippen molar-refractivity contribution in [2.45, 2.75) is 373 Å². The molecule has 0 aromatic carbocycles. The Morgan fingerprint density at radius 2 is 0.667 bits per heavy atom. The number of amides is 1. The smallest absolute Gasteiger partial charge is 0.305 e. The van der Waals surface area contributed by atoms with Crippen LogP contribution in [0.4, 0.5) is 0 Å². The molecule has 0 aromatic heterocycles. The molecule has 426 valence electrons. The predicted molar refractivity (Wildman–Crippen MR) is 315 cm³/mol. The van der Waals surface area contributed by atoms with Gasteiger partial charge in [-0.25, -0.2) is 0 Å². The molecule has 2 unspecified atom stereocenters. The van der Waals surface area contributed by atoms with Crippen LogP contribution in [0.3, 0.4) is 0 Å². The Bertz CT molecular complexity index is 1120. The van der Waals surface area contributed by atoms with Crippen molar-refractivity contribution in [3.8, 4) is 0 Å². The number of rotatable bonds is 61. The highest BCUT2D eigenvalue weighted by molar-refractivity contribution is 5.76. The molecule has 6 heteroatoms. The number of hydrogen-bond donors (Lipinski definition) is 3. The molecule has 0 spiro atoms. The summed E-state index contributed by atoms with van der Waals surface area (Å²) in [5, 5.41) is 23.2. The maximum atomic E-state index is 12.5. The van der Waals surface area contributed by atoms with Crippen LogP contribution >= 0.6 is 0 Å². The summed E-state index contributed by atoms with van der Waals surface area (Å²) in [7, 11) is 0. The van der Waals surface area contributed by atoms with Crippen molar-refractivity contribution < 1.29 is 24.5 Å². The zero-order valence-electron chi connectivity index (χ0n) is 48.7. The van der Waals surface area contributed by atoms with Gasteiger partial charge in [-0.15, -0.1) is 0 Å². The fourth-order valence-corrected chi connectivity index (χ4v) is 10.2. The zero-order valence-corrected chi connectivity index (χ0v) is 48.7. The Morgan fingerprint density at radius 3 is 1.03 bits per heavy atom. The lowest BCUT2D eigenvalue weighted by atomic mass is 10.0. The van der Waals surface area contributed by atoms with E-state index in [1.807, 2.05) is 0 Å². The van der Waals surface area contributed by atoms with Crippen molar-refractivity contribution in [3.05, 3.63) is 24.3 Å². The predicted octanol–water partition coefficient (Wildman–Crippen LogP) is 20.6. The first-order chi connectivity index (χ1) is 35.5. The van der Waals surface area contributed by atoms with E-state index < -0.39 is 12.1 Å². The average molecular weight is 1010 g/mol. The summed E-state index contributed by atoms with van der Waals surface area (Å²) in [6, 6.07) is -0.537. The number of nitrogens with one attached hydrogen (secondary N) is 1. The molecule has 1 amide bonds. The highest BCUT2D eigenvalue weighted by Crippen LogP contribution is 2.18. The van der Waals surface area contributed by atoms with Crippen LogP contribution in [0.25, 0.3) is 0 Å². The molecular weight excluding hydrogens is 887 g/mol. The standard InChI is InChI=1S/C66H127NO5/c1-3-5-7-9-11-13-38-42-46-50-54-58-64(69)63(62-68)67-65(70)59-55-51-47-43-40-36-34-32-30-28-26-24-22-20-18-16-15-17-19-21-23-25-27-29-31-33-35-37-41-45-49-53-57-61-72-66(71)60-56-52-48-44-39-14-12-10-8-6-4-2/h10,12,19,21,63-64,68-69H,3-9,11,13-18,20,22-62H2,1-2H3,(H,67,70)/b12-10-,21-19-.